The summed E-state index contributed by atoms with van der Waals surface area (Å²) in [5.41, 5.74) is 0.931. The van der Waals surface area contributed by atoms with Gasteiger partial charge in [-0.3, -0.25) is 0 Å². The van der Waals surface area contributed by atoms with Gasteiger partial charge in [0.15, 0.2) is 6.61 Å². The molecule has 0 radical (unpaired) electrons. The molecule has 0 unspecified atom stereocenters. The first-order valence-electron chi connectivity index (χ1n) is 12.0. The zero-order valence-electron chi connectivity index (χ0n) is 20.2. The summed E-state index contributed by atoms with van der Waals surface area (Å²) < 4.78 is 38.6. The van der Waals surface area contributed by atoms with Crippen molar-refractivity contribution in [3.05, 3.63) is 59.1 Å². The van der Waals surface area contributed by atoms with Crippen LogP contribution in [0.2, 0.25) is 5.02 Å². The molecule has 2 rings (SSSR count). The number of hydrogen-bond donors (Lipinski definition) is 0. The van der Waals surface area contributed by atoms with Crippen LogP contribution >= 0.6 is 11.6 Å². The maximum Gasteiger partial charge on any atom is 0.344 e. The van der Waals surface area contributed by atoms with Gasteiger partial charge in [-0.2, -0.15) is 4.31 Å². The molecule has 0 heterocycles. The normalized spacial score (nSPS) is 11.5. The lowest BCUT2D eigenvalue weighted by Crippen LogP contribution is -2.34. The highest BCUT2D eigenvalue weighted by Crippen LogP contribution is 2.21. The molecular weight excluding hydrogens is 474 g/mol. The van der Waals surface area contributed by atoms with Gasteiger partial charge in [-0.05, 0) is 61.7 Å². The molecule has 0 aliphatic rings. The first-order valence-corrected chi connectivity index (χ1v) is 13.8. The van der Waals surface area contributed by atoms with Crippen LogP contribution in [0.5, 0.6) is 5.75 Å². The molecule has 8 heteroatoms. The van der Waals surface area contributed by atoms with Crippen LogP contribution in [-0.4, -0.2) is 45.0 Å². The van der Waals surface area contributed by atoms with Gasteiger partial charge in [0.2, 0.25) is 10.0 Å². The highest BCUT2D eigenvalue weighted by molar-refractivity contribution is 7.89. The molecule has 0 spiro atoms. The first kappa shape index (κ1) is 28.1. The standard InChI is InChI=1S/C26H36ClNO5S/c1-3-5-6-7-8-9-18-28(34(30,31)25-15-13-23(27)14-16-25)19-17-22-11-10-12-24(20-22)33-21-26(29)32-4-2/h10-16,20H,3-9,17-19,21H2,1-2H3. The Morgan fingerprint density at radius 2 is 1.65 bits per heavy atom. The number of unbranched alkanes of at least 4 members (excludes halogenated alkanes) is 5. The topological polar surface area (TPSA) is 72.9 Å². The van der Waals surface area contributed by atoms with E-state index in [4.69, 9.17) is 21.1 Å². The van der Waals surface area contributed by atoms with E-state index >= 15 is 0 Å². The number of hydrogen-bond acceptors (Lipinski definition) is 5. The molecular formula is C26H36ClNO5S. The summed E-state index contributed by atoms with van der Waals surface area (Å²) in [5.74, 6) is 0.126. The molecule has 0 saturated heterocycles. The van der Waals surface area contributed by atoms with Crippen molar-refractivity contribution in [2.24, 2.45) is 0 Å². The van der Waals surface area contributed by atoms with Crippen molar-refractivity contribution in [1.82, 2.24) is 4.31 Å². The predicted octanol–water partition coefficient (Wildman–Crippen LogP) is 5.88. The van der Waals surface area contributed by atoms with Crippen LogP contribution in [0.4, 0.5) is 0 Å². The Morgan fingerprint density at radius 1 is 0.941 bits per heavy atom. The molecule has 0 fully saturated rings. The molecule has 188 valence electrons. The van der Waals surface area contributed by atoms with E-state index in [1.807, 2.05) is 18.2 Å². The lowest BCUT2D eigenvalue weighted by molar-refractivity contribution is -0.145. The van der Waals surface area contributed by atoms with Crippen LogP contribution in [0.1, 0.15) is 57.9 Å². The largest absolute Gasteiger partial charge is 0.482 e. The minimum atomic E-state index is -3.64. The lowest BCUT2D eigenvalue weighted by Gasteiger charge is -2.22. The van der Waals surface area contributed by atoms with E-state index in [0.717, 1.165) is 24.8 Å². The molecule has 0 aliphatic heterocycles. The lowest BCUT2D eigenvalue weighted by atomic mass is 10.1. The van der Waals surface area contributed by atoms with E-state index < -0.39 is 16.0 Å². The van der Waals surface area contributed by atoms with Crippen molar-refractivity contribution < 1.29 is 22.7 Å². The van der Waals surface area contributed by atoms with Gasteiger partial charge in [0.25, 0.3) is 0 Å². The van der Waals surface area contributed by atoms with E-state index in [0.29, 0.717) is 36.9 Å². The third kappa shape index (κ3) is 9.65. The Hall–Kier alpha value is -2.09. The van der Waals surface area contributed by atoms with Crippen molar-refractivity contribution in [1.29, 1.82) is 0 Å². The summed E-state index contributed by atoms with van der Waals surface area (Å²) in [6, 6.07) is 13.7. The number of sulfonamides is 1. The van der Waals surface area contributed by atoms with Gasteiger partial charge >= 0.3 is 5.97 Å². The number of nitrogens with zero attached hydrogens (tertiary/aromatic N) is 1. The summed E-state index contributed by atoms with van der Waals surface area (Å²) in [6.45, 7) is 4.88. The Bertz CT molecular complexity index is 979. The summed E-state index contributed by atoms with van der Waals surface area (Å²) in [5, 5.41) is 0.501. The van der Waals surface area contributed by atoms with Gasteiger partial charge in [0, 0.05) is 18.1 Å². The number of esters is 1. The molecule has 0 aliphatic carbocycles. The molecule has 2 aromatic carbocycles. The zero-order chi connectivity index (χ0) is 24.8. The van der Waals surface area contributed by atoms with Gasteiger partial charge in [0.05, 0.1) is 11.5 Å². The van der Waals surface area contributed by atoms with E-state index in [1.54, 1.807) is 41.6 Å². The number of benzene rings is 2. The quantitative estimate of drug-likeness (QED) is 0.209. The number of carbonyl (C=O) groups excluding carboxylic acids is 1. The fourth-order valence-electron chi connectivity index (χ4n) is 3.57. The van der Waals surface area contributed by atoms with Crippen LogP contribution in [0, 0.1) is 0 Å². The van der Waals surface area contributed by atoms with Gasteiger partial charge in [0.1, 0.15) is 5.75 Å². The second-order valence-corrected chi connectivity index (χ2v) is 10.5. The molecule has 0 saturated carbocycles. The fraction of sp³-hybridized carbons (Fsp3) is 0.500. The predicted molar refractivity (Wildman–Crippen MR) is 136 cm³/mol. The summed E-state index contributed by atoms with van der Waals surface area (Å²) in [7, 11) is -3.64. The number of halogens is 1. The summed E-state index contributed by atoms with van der Waals surface area (Å²) in [6.07, 6.45) is 7.03. The van der Waals surface area contributed by atoms with E-state index in [9.17, 15) is 13.2 Å². The van der Waals surface area contributed by atoms with Crippen LogP contribution in [0.25, 0.3) is 0 Å². The van der Waals surface area contributed by atoms with E-state index in [-0.39, 0.29) is 11.5 Å². The maximum atomic E-state index is 13.3. The fourth-order valence-corrected chi connectivity index (χ4v) is 5.17. The van der Waals surface area contributed by atoms with E-state index in [1.165, 1.54) is 19.3 Å². The van der Waals surface area contributed by atoms with Crippen molar-refractivity contribution in [3.63, 3.8) is 0 Å². The highest BCUT2D eigenvalue weighted by Gasteiger charge is 2.24. The molecule has 6 nitrogen and oxygen atoms in total. The first-order chi connectivity index (χ1) is 16.4. The van der Waals surface area contributed by atoms with Gasteiger partial charge in [-0.25, -0.2) is 13.2 Å². The summed E-state index contributed by atoms with van der Waals surface area (Å²) in [4.78, 5) is 11.8. The average Bonchev–Trinajstić information content (AvgIpc) is 2.82. The monoisotopic (exact) mass is 509 g/mol. The van der Waals surface area contributed by atoms with Crippen LogP contribution in [0.15, 0.2) is 53.4 Å². The molecule has 0 aromatic heterocycles. The second kappa shape index (κ2) is 15.0. The molecule has 0 atom stereocenters. The molecule has 34 heavy (non-hydrogen) atoms. The molecule has 0 N–H and O–H groups in total. The Balaban J connectivity index is 2.05. The van der Waals surface area contributed by atoms with Crippen molar-refractivity contribution in [3.8, 4) is 5.75 Å². The van der Waals surface area contributed by atoms with Crippen LogP contribution in [-0.2, 0) is 26.0 Å². The Labute approximate surface area is 209 Å². The average molecular weight is 510 g/mol. The third-order valence-electron chi connectivity index (χ3n) is 5.42. The molecule has 0 amide bonds. The van der Waals surface area contributed by atoms with Crippen LogP contribution in [0.3, 0.4) is 0 Å². The Kier molecular flexibility index (Phi) is 12.4. The minimum Gasteiger partial charge on any atom is -0.482 e. The van der Waals surface area contributed by atoms with Crippen molar-refractivity contribution in [2.75, 3.05) is 26.3 Å². The minimum absolute atomic E-state index is 0.160. The SMILES string of the molecule is CCCCCCCCN(CCc1cccc(OCC(=O)OCC)c1)S(=O)(=O)c1ccc(Cl)cc1. The number of carbonyl (C=O) groups is 1. The van der Waals surface area contributed by atoms with Crippen LogP contribution < -0.4 is 4.74 Å². The molecule has 2 aromatic rings. The molecule has 0 bridgehead atoms. The van der Waals surface area contributed by atoms with Crippen molar-refractivity contribution in [2.45, 2.75) is 63.7 Å². The highest BCUT2D eigenvalue weighted by atomic mass is 35.5. The van der Waals surface area contributed by atoms with Crippen molar-refractivity contribution >= 4 is 27.6 Å². The number of ether oxygens (including phenoxy) is 2. The van der Waals surface area contributed by atoms with Gasteiger partial charge in [-0.15, -0.1) is 0 Å². The smallest absolute Gasteiger partial charge is 0.344 e. The van der Waals surface area contributed by atoms with Gasteiger partial charge < -0.3 is 9.47 Å². The van der Waals surface area contributed by atoms with E-state index in [2.05, 4.69) is 6.92 Å². The second-order valence-electron chi connectivity index (χ2n) is 8.12. The summed E-state index contributed by atoms with van der Waals surface area (Å²) >= 11 is 5.95. The third-order valence-corrected chi connectivity index (χ3v) is 7.59. The van der Waals surface area contributed by atoms with Gasteiger partial charge in [-0.1, -0.05) is 62.8 Å². The zero-order valence-corrected chi connectivity index (χ0v) is 21.7. The number of rotatable bonds is 16. The Morgan fingerprint density at radius 3 is 2.35 bits per heavy atom. The maximum absolute atomic E-state index is 13.3.